The molecule has 0 saturated heterocycles. The van der Waals surface area contributed by atoms with Crippen molar-refractivity contribution in [1.82, 2.24) is 0 Å². The average Bonchev–Trinajstić information content (AvgIpc) is 2.37. The fourth-order valence-electron chi connectivity index (χ4n) is 1.74. The number of nitrogens with one attached hydrogen (secondary N) is 1. The predicted molar refractivity (Wildman–Crippen MR) is 76.4 cm³/mol. The number of hydrogen-bond acceptors (Lipinski definition) is 4. The Hall–Kier alpha value is -1.26. The van der Waals surface area contributed by atoms with Gasteiger partial charge in [-0.05, 0) is 37.6 Å². The molecular weight excluding hydrogens is 228 g/mol. The maximum atomic E-state index is 8.89. The van der Waals surface area contributed by atoms with Gasteiger partial charge in [0.25, 0.3) is 0 Å². The minimum absolute atomic E-state index is 0.171. The van der Waals surface area contributed by atoms with Crippen LogP contribution < -0.4 is 10.2 Å². The van der Waals surface area contributed by atoms with Crippen LogP contribution in [0.4, 0.5) is 11.4 Å². The number of ether oxygens (including phenoxy) is 1. The molecule has 0 heterocycles. The SMILES string of the molecule is COCCC(C)Nc1ccc(N(C)CCO)cc1. The lowest BCUT2D eigenvalue weighted by Crippen LogP contribution is -2.21. The first kappa shape index (κ1) is 14.8. The second-order valence-electron chi connectivity index (χ2n) is 4.52. The van der Waals surface area contributed by atoms with Crippen molar-refractivity contribution in [3.8, 4) is 0 Å². The van der Waals surface area contributed by atoms with Crippen molar-refractivity contribution < 1.29 is 9.84 Å². The Kier molecular flexibility index (Phi) is 6.54. The standard InChI is InChI=1S/C14H24N2O2/c1-12(8-11-18-3)15-13-4-6-14(7-5-13)16(2)9-10-17/h4-7,12,15,17H,8-11H2,1-3H3. The topological polar surface area (TPSA) is 44.7 Å². The van der Waals surface area contributed by atoms with Crippen molar-refractivity contribution in [3.63, 3.8) is 0 Å². The highest BCUT2D eigenvalue weighted by Gasteiger charge is 2.03. The molecule has 1 rings (SSSR count). The number of aliphatic hydroxyl groups excluding tert-OH is 1. The molecule has 0 fully saturated rings. The molecule has 0 aliphatic rings. The summed E-state index contributed by atoms with van der Waals surface area (Å²) in [6.45, 7) is 3.73. The van der Waals surface area contributed by atoms with Crippen LogP contribution in [0.25, 0.3) is 0 Å². The van der Waals surface area contributed by atoms with E-state index >= 15 is 0 Å². The zero-order valence-corrected chi connectivity index (χ0v) is 11.5. The van der Waals surface area contributed by atoms with Gasteiger partial charge in [-0.25, -0.2) is 0 Å². The number of methoxy groups -OCH3 is 1. The van der Waals surface area contributed by atoms with E-state index in [2.05, 4.69) is 36.5 Å². The second kappa shape index (κ2) is 7.95. The molecule has 0 bridgehead atoms. The molecule has 1 aromatic carbocycles. The molecule has 0 spiro atoms. The van der Waals surface area contributed by atoms with Gasteiger partial charge in [-0.3, -0.25) is 0 Å². The summed E-state index contributed by atoms with van der Waals surface area (Å²) >= 11 is 0. The number of hydrogen-bond donors (Lipinski definition) is 2. The van der Waals surface area contributed by atoms with E-state index in [0.717, 1.165) is 24.4 Å². The second-order valence-corrected chi connectivity index (χ2v) is 4.52. The minimum Gasteiger partial charge on any atom is -0.395 e. The van der Waals surface area contributed by atoms with Crippen LogP contribution in [-0.4, -0.2) is 45.1 Å². The Morgan fingerprint density at radius 1 is 1.33 bits per heavy atom. The molecule has 4 heteroatoms. The normalized spacial score (nSPS) is 12.2. The molecule has 2 N–H and O–H groups in total. The Morgan fingerprint density at radius 2 is 2.00 bits per heavy atom. The summed E-state index contributed by atoms with van der Waals surface area (Å²) in [4.78, 5) is 2.03. The van der Waals surface area contributed by atoms with Gasteiger partial charge >= 0.3 is 0 Å². The van der Waals surface area contributed by atoms with Crippen molar-refractivity contribution in [2.75, 3.05) is 44.1 Å². The number of benzene rings is 1. The molecular formula is C14H24N2O2. The van der Waals surface area contributed by atoms with Crippen LogP contribution in [-0.2, 0) is 4.74 Å². The monoisotopic (exact) mass is 252 g/mol. The van der Waals surface area contributed by atoms with Crippen molar-refractivity contribution in [3.05, 3.63) is 24.3 Å². The molecule has 0 aliphatic heterocycles. The molecule has 0 radical (unpaired) electrons. The van der Waals surface area contributed by atoms with E-state index in [4.69, 9.17) is 9.84 Å². The van der Waals surface area contributed by atoms with Gasteiger partial charge in [0.1, 0.15) is 0 Å². The van der Waals surface area contributed by atoms with Crippen LogP contribution in [0.15, 0.2) is 24.3 Å². The number of nitrogens with zero attached hydrogens (tertiary/aromatic N) is 1. The summed E-state index contributed by atoms with van der Waals surface area (Å²) in [6, 6.07) is 8.63. The van der Waals surface area contributed by atoms with Crippen molar-refractivity contribution in [2.45, 2.75) is 19.4 Å². The highest BCUT2D eigenvalue weighted by atomic mass is 16.5. The lowest BCUT2D eigenvalue weighted by atomic mass is 10.2. The van der Waals surface area contributed by atoms with Gasteiger partial charge in [0.15, 0.2) is 0 Å². The molecule has 4 nitrogen and oxygen atoms in total. The predicted octanol–water partition coefficient (Wildman–Crippen LogP) is 1.95. The highest BCUT2D eigenvalue weighted by Crippen LogP contribution is 2.17. The first-order chi connectivity index (χ1) is 8.67. The molecule has 102 valence electrons. The molecule has 0 aromatic heterocycles. The fraction of sp³-hybridized carbons (Fsp3) is 0.571. The van der Waals surface area contributed by atoms with Gasteiger partial charge in [-0.2, -0.15) is 0 Å². The summed E-state index contributed by atoms with van der Waals surface area (Å²) in [5.41, 5.74) is 2.22. The van der Waals surface area contributed by atoms with Crippen LogP contribution in [0.2, 0.25) is 0 Å². The molecule has 0 amide bonds. The van der Waals surface area contributed by atoms with E-state index < -0.39 is 0 Å². The summed E-state index contributed by atoms with van der Waals surface area (Å²) in [7, 11) is 3.69. The Labute approximate surface area is 110 Å². The smallest absolute Gasteiger partial charge is 0.0606 e. The average molecular weight is 252 g/mol. The van der Waals surface area contributed by atoms with E-state index in [1.165, 1.54) is 0 Å². The van der Waals surface area contributed by atoms with Gasteiger partial charge in [-0.15, -0.1) is 0 Å². The molecule has 0 aliphatic carbocycles. The maximum Gasteiger partial charge on any atom is 0.0606 e. The van der Waals surface area contributed by atoms with Crippen molar-refractivity contribution in [1.29, 1.82) is 0 Å². The Morgan fingerprint density at radius 3 is 2.56 bits per heavy atom. The van der Waals surface area contributed by atoms with Crippen molar-refractivity contribution in [2.24, 2.45) is 0 Å². The van der Waals surface area contributed by atoms with Crippen molar-refractivity contribution >= 4 is 11.4 Å². The Bertz CT molecular complexity index is 327. The zero-order chi connectivity index (χ0) is 13.4. The van der Waals surface area contributed by atoms with E-state index in [0.29, 0.717) is 12.6 Å². The summed E-state index contributed by atoms with van der Waals surface area (Å²) in [5, 5.41) is 12.3. The van der Waals surface area contributed by atoms with Gasteiger partial charge in [0.05, 0.1) is 6.61 Å². The Balaban J connectivity index is 2.49. The van der Waals surface area contributed by atoms with Crippen LogP contribution in [0, 0.1) is 0 Å². The van der Waals surface area contributed by atoms with E-state index in [1.54, 1.807) is 7.11 Å². The number of likely N-dealkylation sites (N-methyl/N-ethyl adjacent to an activating group) is 1. The van der Waals surface area contributed by atoms with Crippen LogP contribution in [0.5, 0.6) is 0 Å². The van der Waals surface area contributed by atoms with Crippen LogP contribution >= 0.6 is 0 Å². The largest absolute Gasteiger partial charge is 0.395 e. The third-order valence-corrected chi connectivity index (χ3v) is 2.91. The van der Waals surface area contributed by atoms with Gasteiger partial charge in [0, 0.05) is 44.7 Å². The lowest BCUT2D eigenvalue weighted by Gasteiger charge is -2.19. The first-order valence-corrected chi connectivity index (χ1v) is 6.35. The maximum absolute atomic E-state index is 8.89. The quantitative estimate of drug-likeness (QED) is 0.742. The third-order valence-electron chi connectivity index (χ3n) is 2.91. The zero-order valence-electron chi connectivity index (χ0n) is 11.5. The molecule has 1 aromatic rings. The van der Waals surface area contributed by atoms with E-state index in [9.17, 15) is 0 Å². The number of aliphatic hydroxyl groups is 1. The molecule has 0 saturated carbocycles. The molecule has 1 atom stereocenters. The molecule has 1 unspecified atom stereocenters. The summed E-state index contributed by atoms with van der Waals surface area (Å²) < 4.78 is 5.06. The summed E-state index contributed by atoms with van der Waals surface area (Å²) in [6.07, 6.45) is 0.989. The van der Waals surface area contributed by atoms with E-state index in [1.807, 2.05) is 11.9 Å². The van der Waals surface area contributed by atoms with Crippen LogP contribution in [0.1, 0.15) is 13.3 Å². The summed E-state index contributed by atoms with van der Waals surface area (Å²) in [5.74, 6) is 0. The number of anilines is 2. The first-order valence-electron chi connectivity index (χ1n) is 6.35. The van der Waals surface area contributed by atoms with E-state index in [-0.39, 0.29) is 6.61 Å². The lowest BCUT2D eigenvalue weighted by molar-refractivity contribution is 0.191. The van der Waals surface area contributed by atoms with Gasteiger partial charge in [-0.1, -0.05) is 0 Å². The molecule has 18 heavy (non-hydrogen) atoms. The highest BCUT2D eigenvalue weighted by molar-refractivity contribution is 5.55. The van der Waals surface area contributed by atoms with Gasteiger partial charge in [0.2, 0.25) is 0 Å². The fourth-order valence-corrected chi connectivity index (χ4v) is 1.74. The third kappa shape index (κ3) is 4.94. The minimum atomic E-state index is 0.171. The van der Waals surface area contributed by atoms with Crippen LogP contribution in [0.3, 0.4) is 0 Å². The van der Waals surface area contributed by atoms with Gasteiger partial charge < -0.3 is 20.1 Å². The number of rotatable bonds is 8.